The SMILES string of the molecule is CSC1(CNC(=O)N2CCC[C@H]2C(=O)O)CCC1. The van der Waals surface area contributed by atoms with Gasteiger partial charge in [0, 0.05) is 17.8 Å². The van der Waals surface area contributed by atoms with Gasteiger partial charge >= 0.3 is 12.0 Å². The van der Waals surface area contributed by atoms with Gasteiger partial charge in [-0.1, -0.05) is 6.42 Å². The molecule has 0 aromatic carbocycles. The molecule has 102 valence electrons. The van der Waals surface area contributed by atoms with Crippen LogP contribution in [-0.4, -0.2) is 52.1 Å². The Bertz CT molecular complexity index is 339. The average Bonchev–Trinajstić information content (AvgIpc) is 2.76. The smallest absolute Gasteiger partial charge is 0.326 e. The third-order valence-electron chi connectivity index (χ3n) is 4.06. The maximum atomic E-state index is 12.0. The van der Waals surface area contributed by atoms with Gasteiger partial charge in [0.1, 0.15) is 6.04 Å². The molecule has 2 aliphatic rings. The summed E-state index contributed by atoms with van der Waals surface area (Å²) in [7, 11) is 0. The summed E-state index contributed by atoms with van der Waals surface area (Å²) in [5, 5.41) is 11.9. The Morgan fingerprint density at radius 3 is 2.67 bits per heavy atom. The van der Waals surface area contributed by atoms with Gasteiger partial charge in [0.15, 0.2) is 0 Å². The van der Waals surface area contributed by atoms with Crippen molar-refractivity contribution < 1.29 is 14.7 Å². The second-order valence-electron chi connectivity index (χ2n) is 5.09. The van der Waals surface area contributed by atoms with E-state index in [-0.39, 0.29) is 10.8 Å². The number of likely N-dealkylation sites (tertiary alicyclic amines) is 1. The second-order valence-corrected chi connectivity index (χ2v) is 6.36. The lowest BCUT2D eigenvalue weighted by Crippen LogP contribution is -2.51. The van der Waals surface area contributed by atoms with Crippen molar-refractivity contribution in [3.63, 3.8) is 0 Å². The van der Waals surface area contributed by atoms with Crippen LogP contribution in [0.5, 0.6) is 0 Å². The van der Waals surface area contributed by atoms with Crippen LogP contribution in [0, 0.1) is 0 Å². The van der Waals surface area contributed by atoms with Crippen LogP contribution >= 0.6 is 11.8 Å². The first kappa shape index (κ1) is 13.5. The van der Waals surface area contributed by atoms with Crippen LogP contribution in [0.3, 0.4) is 0 Å². The van der Waals surface area contributed by atoms with Gasteiger partial charge in [0.05, 0.1) is 0 Å². The number of hydrogen-bond acceptors (Lipinski definition) is 3. The van der Waals surface area contributed by atoms with Crippen molar-refractivity contribution in [2.45, 2.75) is 42.9 Å². The first-order valence-corrected chi connectivity index (χ1v) is 7.63. The maximum Gasteiger partial charge on any atom is 0.326 e. The van der Waals surface area contributed by atoms with Gasteiger partial charge in [-0.2, -0.15) is 11.8 Å². The third-order valence-corrected chi connectivity index (χ3v) is 5.48. The molecule has 2 N–H and O–H groups in total. The lowest BCUT2D eigenvalue weighted by molar-refractivity contribution is -0.141. The minimum atomic E-state index is -0.897. The number of thioether (sulfide) groups is 1. The Balaban J connectivity index is 1.86. The molecule has 1 heterocycles. The second kappa shape index (κ2) is 5.38. The van der Waals surface area contributed by atoms with Crippen LogP contribution in [-0.2, 0) is 4.79 Å². The standard InChI is InChI=1S/C12H20N2O3S/c1-18-12(5-3-6-12)8-13-11(17)14-7-2-4-9(14)10(15)16/h9H,2-8H2,1H3,(H,13,17)(H,15,16)/t9-/m0/s1. The molecule has 1 saturated heterocycles. The molecule has 18 heavy (non-hydrogen) atoms. The minimum absolute atomic E-state index is 0.189. The Labute approximate surface area is 111 Å². The Hall–Kier alpha value is -0.910. The number of amides is 2. The lowest BCUT2D eigenvalue weighted by atomic mass is 9.84. The number of carboxylic acids is 1. The van der Waals surface area contributed by atoms with Gasteiger partial charge in [0.25, 0.3) is 0 Å². The Morgan fingerprint density at radius 2 is 2.17 bits per heavy atom. The predicted octanol–water partition coefficient (Wildman–Crippen LogP) is 1.53. The minimum Gasteiger partial charge on any atom is -0.480 e. The van der Waals surface area contributed by atoms with E-state index in [1.54, 1.807) is 11.8 Å². The quantitative estimate of drug-likeness (QED) is 0.814. The van der Waals surface area contributed by atoms with Crippen LogP contribution < -0.4 is 5.32 Å². The number of aliphatic carboxylic acids is 1. The van der Waals surface area contributed by atoms with Crippen molar-refractivity contribution in [3.05, 3.63) is 0 Å². The molecule has 1 saturated carbocycles. The zero-order valence-corrected chi connectivity index (χ0v) is 11.5. The molecule has 0 spiro atoms. The highest BCUT2D eigenvalue weighted by Gasteiger charge is 2.38. The molecule has 2 amide bonds. The summed E-state index contributed by atoms with van der Waals surface area (Å²) in [4.78, 5) is 24.5. The molecular formula is C12H20N2O3S. The first-order chi connectivity index (χ1) is 8.58. The maximum absolute atomic E-state index is 12.0. The summed E-state index contributed by atoms with van der Waals surface area (Å²) in [5.41, 5.74) is 0. The van der Waals surface area contributed by atoms with E-state index in [1.807, 2.05) is 0 Å². The van der Waals surface area contributed by atoms with Crippen molar-refractivity contribution in [1.29, 1.82) is 0 Å². The largest absolute Gasteiger partial charge is 0.480 e. The fourth-order valence-corrected chi connectivity index (χ4v) is 3.54. The van der Waals surface area contributed by atoms with Gasteiger partial charge in [-0.3, -0.25) is 0 Å². The predicted molar refractivity (Wildman–Crippen MR) is 70.9 cm³/mol. The van der Waals surface area contributed by atoms with E-state index in [0.717, 1.165) is 19.3 Å². The van der Waals surface area contributed by atoms with E-state index in [1.165, 1.54) is 11.3 Å². The molecule has 0 aromatic rings. The molecule has 0 radical (unpaired) electrons. The monoisotopic (exact) mass is 272 g/mol. The molecule has 0 unspecified atom stereocenters. The number of carbonyl (C=O) groups is 2. The molecule has 0 bridgehead atoms. The van der Waals surface area contributed by atoms with E-state index in [4.69, 9.17) is 5.11 Å². The van der Waals surface area contributed by atoms with Crippen molar-refractivity contribution in [2.75, 3.05) is 19.3 Å². The van der Waals surface area contributed by atoms with E-state index >= 15 is 0 Å². The number of rotatable bonds is 4. The third kappa shape index (κ3) is 2.58. The van der Waals surface area contributed by atoms with E-state index in [9.17, 15) is 9.59 Å². The molecule has 2 rings (SSSR count). The Kier molecular flexibility index (Phi) is 4.04. The zero-order chi connectivity index (χ0) is 13.2. The highest BCUT2D eigenvalue weighted by molar-refractivity contribution is 8.00. The first-order valence-electron chi connectivity index (χ1n) is 6.40. The van der Waals surface area contributed by atoms with Crippen LogP contribution in [0.15, 0.2) is 0 Å². The summed E-state index contributed by atoms with van der Waals surface area (Å²) in [6.45, 7) is 1.20. The van der Waals surface area contributed by atoms with Crippen molar-refractivity contribution in [1.82, 2.24) is 10.2 Å². The number of nitrogens with one attached hydrogen (secondary N) is 1. The van der Waals surface area contributed by atoms with Crippen molar-refractivity contribution in [2.24, 2.45) is 0 Å². The summed E-state index contributed by atoms with van der Waals surface area (Å²) in [6.07, 6.45) is 6.90. The van der Waals surface area contributed by atoms with E-state index < -0.39 is 12.0 Å². The summed E-state index contributed by atoms with van der Waals surface area (Å²) in [5.74, 6) is -0.897. The molecule has 2 fully saturated rings. The molecular weight excluding hydrogens is 252 g/mol. The van der Waals surface area contributed by atoms with Crippen molar-refractivity contribution in [3.8, 4) is 0 Å². The van der Waals surface area contributed by atoms with Gasteiger partial charge in [-0.25, -0.2) is 9.59 Å². The fraction of sp³-hybridized carbons (Fsp3) is 0.833. The number of carbonyl (C=O) groups excluding carboxylic acids is 1. The van der Waals surface area contributed by atoms with Crippen LogP contribution in [0.4, 0.5) is 4.79 Å². The summed E-state index contributed by atoms with van der Waals surface area (Å²) >= 11 is 1.80. The highest BCUT2D eigenvalue weighted by Crippen LogP contribution is 2.42. The van der Waals surface area contributed by atoms with Crippen LogP contribution in [0.25, 0.3) is 0 Å². The average molecular weight is 272 g/mol. The van der Waals surface area contributed by atoms with Gasteiger partial charge in [-0.05, 0) is 31.9 Å². The van der Waals surface area contributed by atoms with E-state index in [2.05, 4.69) is 11.6 Å². The molecule has 1 atom stereocenters. The number of carboxylic acid groups (broad SMARTS) is 1. The molecule has 6 heteroatoms. The zero-order valence-electron chi connectivity index (χ0n) is 10.6. The molecule has 0 aromatic heterocycles. The lowest BCUT2D eigenvalue weighted by Gasteiger charge is -2.40. The van der Waals surface area contributed by atoms with Gasteiger partial charge in [-0.15, -0.1) is 0 Å². The summed E-state index contributed by atoms with van der Waals surface area (Å²) in [6, 6.07) is -0.864. The number of nitrogens with zero attached hydrogens (tertiary/aromatic N) is 1. The fourth-order valence-electron chi connectivity index (χ4n) is 2.63. The van der Waals surface area contributed by atoms with Gasteiger partial charge in [0.2, 0.25) is 0 Å². The summed E-state index contributed by atoms with van der Waals surface area (Å²) < 4.78 is 0.189. The van der Waals surface area contributed by atoms with Crippen LogP contribution in [0.2, 0.25) is 0 Å². The highest BCUT2D eigenvalue weighted by atomic mass is 32.2. The van der Waals surface area contributed by atoms with Gasteiger partial charge < -0.3 is 15.3 Å². The normalized spacial score (nSPS) is 25.6. The van der Waals surface area contributed by atoms with Crippen molar-refractivity contribution >= 4 is 23.8 Å². The van der Waals surface area contributed by atoms with E-state index in [0.29, 0.717) is 19.5 Å². The van der Waals surface area contributed by atoms with Crippen LogP contribution in [0.1, 0.15) is 32.1 Å². The number of hydrogen-bond donors (Lipinski definition) is 2. The number of urea groups is 1. The molecule has 1 aliphatic carbocycles. The Morgan fingerprint density at radius 1 is 1.44 bits per heavy atom. The topological polar surface area (TPSA) is 69.6 Å². The molecule has 1 aliphatic heterocycles. The molecule has 5 nitrogen and oxygen atoms in total.